The van der Waals surface area contributed by atoms with E-state index in [2.05, 4.69) is 20.4 Å². The lowest BCUT2D eigenvalue weighted by molar-refractivity contribution is 0.0585. The van der Waals surface area contributed by atoms with Crippen molar-refractivity contribution in [1.82, 2.24) is 20.3 Å². The highest BCUT2D eigenvalue weighted by molar-refractivity contribution is 5.86. The van der Waals surface area contributed by atoms with E-state index < -0.39 is 0 Å². The highest BCUT2D eigenvalue weighted by atomic mass is 16.5. The smallest absolute Gasteiger partial charge is 0.358 e. The Morgan fingerprint density at radius 1 is 1.80 bits per heavy atom. The van der Waals surface area contributed by atoms with Gasteiger partial charge in [-0.05, 0) is 25.4 Å². The molecule has 2 heterocycles. The minimum atomic E-state index is -0.383. The second-order valence-electron chi connectivity index (χ2n) is 3.65. The molecule has 0 aliphatic carbocycles. The predicted molar refractivity (Wildman–Crippen MR) is 52.3 cm³/mol. The Bertz CT molecular complexity index is 344. The highest BCUT2D eigenvalue weighted by Gasteiger charge is 2.19. The van der Waals surface area contributed by atoms with Gasteiger partial charge in [-0.25, -0.2) is 9.48 Å². The molecule has 6 nitrogen and oxygen atoms in total. The Hall–Kier alpha value is -1.43. The fourth-order valence-corrected chi connectivity index (χ4v) is 1.77. The summed E-state index contributed by atoms with van der Waals surface area (Å²) in [6.45, 7) is 2.73. The van der Waals surface area contributed by atoms with Gasteiger partial charge in [0.25, 0.3) is 0 Å². The third-order valence-corrected chi connectivity index (χ3v) is 2.61. The molecule has 1 N–H and O–H groups in total. The third kappa shape index (κ3) is 2.15. The SMILES string of the molecule is COC(=O)c1cnnn1CC1CCNC1. The summed E-state index contributed by atoms with van der Waals surface area (Å²) in [4.78, 5) is 11.3. The molecule has 1 fully saturated rings. The quantitative estimate of drug-likeness (QED) is 0.692. The fourth-order valence-electron chi connectivity index (χ4n) is 1.77. The first-order valence-electron chi connectivity index (χ1n) is 4.99. The average molecular weight is 210 g/mol. The Morgan fingerprint density at radius 3 is 3.33 bits per heavy atom. The molecule has 1 aromatic heterocycles. The van der Waals surface area contributed by atoms with Gasteiger partial charge in [-0.2, -0.15) is 0 Å². The van der Waals surface area contributed by atoms with Crippen molar-refractivity contribution in [1.29, 1.82) is 0 Å². The van der Waals surface area contributed by atoms with Crippen molar-refractivity contribution in [3.05, 3.63) is 11.9 Å². The van der Waals surface area contributed by atoms with Gasteiger partial charge >= 0.3 is 5.97 Å². The largest absolute Gasteiger partial charge is 0.464 e. The van der Waals surface area contributed by atoms with Crippen LogP contribution < -0.4 is 5.32 Å². The molecule has 1 unspecified atom stereocenters. The lowest BCUT2D eigenvalue weighted by Gasteiger charge is -2.09. The van der Waals surface area contributed by atoms with E-state index >= 15 is 0 Å². The molecule has 0 spiro atoms. The summed E-state index contributed by atoms with van der Waals surface area (Å²) in [6, 6.07) is 0. The van der Waals surface area contributed by atoms with Crippen LogP contribution in [-0.2, 0) is 11.3 Å². The monoisotopic (exact) mass is 210 g/mol. The van der Waals surface area contributed by atoms with E-state index in [0.717, 1.165) is 26.1 Å². The molecular weight excluding hydrogens is 196 g/mol. The first kappa shape index (κ1) is 10.1. The van der Waals surface area contributed by atoms with Gasteiger partial charge < -0.3 is 10.1 Å². The van der Waals surface area contributed by atoms with E-state index in [9.17, 15) is 4.79 Å². The molecule has 0 saturated carbocycles. The van der Waals surface area contributed by atoms with E-state index in [-0.39, 0.29) is 5.97 Å². The first-order valence-corrected chi connectivity index (χ1v) is 4.99. The second kappa shape index (κ2) is 4.39. The first-order chi connectivity index (χ1) is 7.31. The number of nitrogens with one attached hydrogen (secondary N) is 1. The Kier molecular flexibility index (Phi) is 2.96. The summed E-state index contributed by atoms with van der Waals surface area (Å²) in [5.41, 5.74) is 0.421. The van der Waals surface area contributed by atoms with Crippen LogP contribution in [0.2, 0.25) is 0 Å². The lowest BCUT2D eigenvalue weighted by atomic mass is 10.1. The zero-order valence-corrected chi connectivity index (χ0v) is 8.64. The molecule has 2 rings (SSSR count). The summed E-state index contributed by atoms with van der Waals surface area (Å²) in [5.74, 6) is 0.140. The van der Waals surface area contributed by atoms with Crippen molar-refractivity contribution in [3.63, 3.8) is 0 Å². The van der Waals surface area contributed by atoms with Crippen molar-refractivity contribution in [3.8, 4) is 0 Å². The number of aromatic nitrogens is 3. The number of rotatable bonds is 3. The Balaban J connectivity index is 2.07. The van der Waals surface area contributed by atoms with E-state index in [1.54, 1.807) is 4.68 Å². The minimum absolute atomic E-state index is 0.383. The van der Waals surface area contributed by atoms with Gasteiger partial charge in [-0.1, -0.05) is 5.21 Å². The molecular formula is C9H14N4O2. The van der Waals surface area contributed by atoms with Crippen LogP contribution in [0, 0.1) is 5.92 Å². The summed E-state index contributed by atoms with van der Waals surface area (Å²) in [6.07, 6.45) is 2.55. The van der Waals surface area contributed by atoms with Crippen molar-refractivity contribution in [2.75, 3.05) is 20.2 Å². The number of hydrogen-bond acceptors (Lipinski definition) is 5. The molecule has 1 aliphatic heterocycles. The van der Waals surface area contributed by atoms with Gasteiger partial charge in [0.1, 0.15) is 0 Å². The second-order valence-corrected chi connectivity index (χ2v) is 3.65. The summed E-state index contributed by atoms with van der Waals surface area (Å²) < 4.78 is 6.26. The van der Waals surface area contributed by atoms with Crippen molar-refractivity contribution < 1.29 is 9.53 Å². The van der Waals surface area contributed by atoms with E-state index in [0.29, 0.717) is 11.6 Å². The molecule has 82 valence electrons. The van der Waals surface area contributed by atoms with Crippen LogP contribution in [0.3, 0.4) is 0 Å². The normalized spacial score (nSPS) is 20.5. The molecule has 0 aromatic carbocycles. The van der Waals surface area contributed by atoms with Crippen molar-refractivity contribution >= 4 is 5.97 Å². The van der Waals surface area contributed by atoms with Gasteiger partial charge in [-0.15, -0.1) is 5.10 Å². The number of ether oxygens (including phenoxy) is 1. The molecule has 1 aromatic rings. The molecule has 15 heavy (non-hydrogen) atoms. The molecule has 1 aliphatic rings. The van der Waals surface area contributed by atoms with Crippen LogP contribution in [0.25, 0.3) is 0 Å². The molecule has 0 bridgehead atoms. The van der Waals surface area contributed by atoms with Gasteiger partial charge in [0.2, 0.25) is 0 Å². The van der Waals surface area contributed by atoms with Gasteiger partial charge in [-0.3, -0.25) is 0 Å². The Labute approximate surface area is 87.6 Å². The number of nitrogens with zero attached hydrogens (tertiary/aromatic N) is 3. The Morgan fingerprint density at radius 2 is 2.67 bits per heavy atom. The number of carbonyl (C=O) groups excluding carboxylic acids is 1. The third-order valence-electron chi connectivity index (χ3n) is 2.61. The standard InChI is InChI=1S/C9H14N4O2/c1-15-9(14)8-5-11-12-13(8)6-7-2-3-10-4-7/h5,7,10H,2-4,6H2,1H3. The fraction of sp³-hybridized carbons (Fsp3) is 0.667. The number of carbonyl (C=O) groups is 1. The topological polar surface area (TPSA) is 69.0 Å². The van der Waals surface area contributed by atoms with Crippen molar-refractivity contribution in [2.45, 2.75) is 13.0 Å². The van der Waals surface area contributed by atoms with Crippen LogP contribution >= 0.6 is 0 Å². The minimum Gasteiger partial charge on any atom is -0.464 e. The van der Waals surface area contributed by atoms with Gasteiger partial charge in [0.05, 0.1) is 13.3 Å². The van der Waals surface area contributed by atoms with Gasteiger partial charge in [0, 0.05) is 6.54 Å². The van der Waals surface area contributed by atoms with E-state index in [1.165, 1.54) is 13.3 Å². The number of esters is 1. The zero-order valence-electron chi connectivity index (χ0n) is 8.64. The maximum atomic E-state index is 11.3. The van der Waals surface area contributed by atoms with Crippen LogP contribution in [-0.4, -0.2) is 41.2 Å². The lowest BCUT2D eigenvalue weighted by Crippen LogP contribution is -2.19. The molecule has 0 radical (unpaired) electrons. The molecule has 1 saturated heterocycles. The van der Waals surface area contributed by atoms with Crippen molar-refractivity contribution in [2.24, 2.45) is 5.92 Å². The van der Waals surface area contributed by atoms with E-state index in [1.807, 2.05) is 0 Å². The summed E-state index contributed by atoms with van der Waals surface area (Å²) >= 11 is 0. The predicted octanol–water partition coefficient (Wildman–Crippen LogP) is -0.326. The maximum absolute atomic E-state index is 11.3. The molecule has 6 heteroatoms. The number of hydrogen-bond donors (Lipinski definition) is 1. The van der Waals surface area contributed by atoms with Crippen LogP contribution in [0.15, 0.2) is 6.20 Å². The maximum Gasteiger partial charge on any atom is 0.358 e. The zero-order chi connectivity index (χ0) is 10.7. The van der Waals surface area contributed by atoms with Crippen LogP contribution in [0.5, 0.6) is 0 Å². The van der Waals surface area contributed by atoms with E-state index in [4.69, 9.17) is 0 Å². The number of methoxy groups -OCH3 is 1. The molecule has 1 atom stereocenters. The molecule has 0 amide bonds. The summed E-state index contributed by atoms with van der Waals surface area (Å²) in [5, 5.41) is 10.9. The van der Waals surface area contributed by atoms with Crippen LogP contribution in [0.1, 0.15) is 16.9 Å². The van der Waals surface area contributed by atoms with Gasteiger partial charge in [0.15, 0.2) is 5.69 Å². The summed E-state index contributed by atoms with van der Waals surface area (Å²) in [7, 11) is 1.36. The highest BCUT2D eigenvalue weighted by Crippen LogP contribution is 2.11. The average Bonchev–Trinajstić information content (AvgIpc) is 2.88. The van der Waals surface area contributed by atoms with Crippen LogP contribution in [0.4, 0.5) is 0 Å².